The summed E-state index contributed by atoms with van der Waals surface area (Å²) in [6.45, 7) is 4.74. The molecule has 0 radical (unpaired) electrons. The summed E-state index contributed by atoms with van der Waals surface area (Å²) in [6.07, 6.45) is 0. The van der Waals surface area contributed by atoms with Crippen LogP contribution in [0, 0.1) is 6.92 Å². The van der Waals surface area contributed by atoms with Gasteiger partial charge >= 0.3 is 0 Å². The molecule has 0 bridgehead atoms. The van der Waals surface area contributed by atoms with E-state index in [0.29, 0.717) is 0 Å². The van der Waals surface area contributed by atoms with E-state index in [1.807, 2.05) is 0 Å². The molecule has 1 aromatic carbocycles. The van der Waals surface area contributed by atoms with Crippen molar-refractivity contribution in [2.45, 2.75) is 13.5 Å². The highest BCUT2D eigenvalue weighted by Gasteiger charge is 2.06. The quantitative estimate of drug-likeness (QED) is 0.689. The van der Waals surface area contributed by atoms with Crippen molar-refractivity contribution in [3.8, 4) is 5.75 Å². The predicted octanol–water partition coefficient (Wildman–Crippen LogP) is 1.90. The van der Waals surface area contributed by atoms with E-state index in [1.165, 1.54) is 11.1 Å². The maximum absolute atomic E-state index is 5.54. The standard InChI is InChI=1S/C10H13NO.ClH/c1-8-2-3-10-9(6-8)7-11-4-5-12-10;/h2-3,6,11H,4-5,7H2,1H3;1H. The lowest BCUT2D eigenvalue weighted by Crippen LogP contribution is -2.16. The Bertz CT molecular complexity index is 288. The molecule has 13 heavy (non-hydrogen) atoms. The molecular formula is C10H14ClNO. The largest absolute Gasteiger partial charge is 0.492 e. The molecule has 1 aliphatic rings. The molecule has 0 saturated carbocycles. The number of hydrogen-bond acceptors (Lipinski definition) is 2. The van der Waals surface area contributed by atoms with Gasteiger partial charge in [0, 0.05) is 18.7 Å². The summed E-state index contributed by atoms with van der Waals surface area (Å²) in [5, 5.41) is 3.31. The van der Waals surface area contributed by atoms with Crippen LogP contribution >= 0.6 is 12.4 Å². The first-order valence-electron chi connectivity index (χ1n) is 4.29. The molecule has 2 rings (SSSR count). The Morgan fingerprint density at radius 3 is 3.08 bits per heavy atom. The Labute approximate surface area is 84.7 Å². The number of hydrogen-bond donors (Lipinski definition) is 1. The van der Waals surface area contributed by atoms with Crippen LogP contribution in [0.5, 0.6) is 5.75 Å². The Kier molecular flexibility index (Phi) is 3.58. The zero-order chi connectivity index (χ0) is 8.39. The maximum Gasteiger partial charge on any atom is 0.123 e. The van der Waals surface area contributed by atoms with Gasteiger partial charge in [-0.25, -0.2) is 0 Å². The molecule has 1 N–H and O–H groups in total. The third-order valence-electron chi connectivity index (χ3n) is 2.07. The van der Waals surface area contributed by atoms with Gasteiger partial charge in [-0.3, -0.25) is 0 Å². The fraction of sp³-hybridized carbons (Fsp3) is 0.400. The third kappa shape index (κ3) is 2.36. The van der Waals surface area contributed by atoms with Crippen LogP contribution in [0.4, 0.5) is 0 Å². The number of benzene rings is 1. The minimum atomic E-state index is 0. The molecule has 1 aliphatic heterocycles. The first-order chi connectivity index (χ1) is 5.86. The van der Waals surface area contributed by atoms with Crippen molar-refractivity contribution in [3.05, 3.63) is 29.3 Å². The first-order valence-corrected chi connectivity index (χ1v) is 4.29. The summed E-state index contributed by atoms with van der Waals surface area (Å²) in [5.74, 6) is 1.03. The SMILES string of the molecule is Cc1ccc2c(c1)CNCCO2.Cl. The van der Waals surface area contributed by atoms with Gasteiger partial charge in [0.2, 0.25) is 0 Å². The molecule has 0 saturated heterocycles. The van der Waals surface area contributed by atoms with Gasteiger partial charge < -0.3 is 10.1 Å². The minimum absolute atomic E-state index is 0. The van der Waals surface area contributed by atoms with E-state index in [4.69, 9.17) is 4.74 Å². The van der Waals surface area contributed by atoms with Crippen molar-refractivity contribution in [2.75, 3.05) is 13.2 Å². The normalized spacial score (nSPS) is 14.8. The molecule has 0 amide bonds. The molecule has 3 heteroatoms. The molecular weight excluding hydrogens is 186 g/mol. The van der Waals surface area contributed by atoms with Crippen LogP contribution in [0.3, 0.4) is 0 Å². The third-order valence-corrected chi connectivity index (χ3v) is 2.07. The van der Waals surface area contributed by atoms with Crippen LogP contribution in [0.25, 0.3) is 0 Å². The smallest absolute Gasteiger partial charge is 0.123 e. The highest BCUT2D eigenvalue weighted by Crippen LogP contribution is 2.20. The number of aryl methyl sites for hydroxylation is 1. The maximum atomic E-state index is 5.54. The van der Waals surface area contributed by atoms with Crippen LogP contribution in [0.2, 0.25) is 0 Å². The van der Waals surface area contributed by atoms with Gasteiger partial charge in [-0.15, -0.1) is 12.4 Å². The molecule has 2 nitrogen and oxygen atoms in total. The number of fused-ring (bicyclic) bond motifs is 1. The van der Waals surface area contributed by atoms with Crippen molar-refractivity contribution >= 4 is 12.4 Å². The number of nitrogens with one attached hydrogen (secondary N) is 1. The van der Waals surface area contributed by atoms with Crippen molar-refractivity contribution < 1.29 is 4.74 Å². The summed E-state index contributed by atoms with van der Waals surface area (Å²) >= 11 is 0. The molecule has 0 unspecified atom stereocenters. The van der Waals surface area contributed by atoms with E-state index in [0.717, 1.165) is 25.4 Å². The Morgan fingerprint density at radius 2 is 2.23 bits per heavy atom. The fourth-order valence-electron chi connectivity index (χ4n) is 1.44. The lowest BCUT2D eigenvalue weighted by molar-refractivity contribution is 0.325. The molecule has 72 valence electrons. The van der Waals surface area contributed by atoms with Crippen molar-refractivity contribution in [3.63, 3.8) is 0 Å². The topological polar surface area (TPSA) is 21.3 Å². The van der Waals surface area contributed by atoms with Gasteiger partial charge in [0.05, 0.1) is 0 Å². The van der Waals surface area contributed by atoms with Crippen molar-refractivity contribution in [1.82, 2.24) is 5.32 Å². The van der Waals surface area contributed by atoms with Gasteiger partial charge in [-0.1, -0.05) is 17.7 Å². The van der Waals surface area contributed by atoms with Gasteiger partial charge in [-0.2, -0.15) is 0 Å². The average Bonchev–Trinajstić information content (AvgIpc) is 2.28. The molecule has 0 atom stereocenters. The summed E-state index contributed by atoms with van der Waals surface area (Å²) in [4.78, 5) is 0. The average molecular weight is 200 g/mol. The molecule has 1 aromatic rings. The second-order valence-electron chi connectivity index (χ2n) is 3.14. The Balaban J connectivity index is 0.000000845. The minimum Gasteiger partial charge on any atom is -0.492 e. The van der Waals surface area contributed by atoms with E-state index >= 15 is 0 Å². The number of halogens is 1. The van der Waals surface area contributed by atoms with Gasteiger partial charge in [0.25, 0.3) is 0 Å². The van der Waals surface area contributed by atoms with E-state index < -0.39 is 0 Å². The first kappa shape index (κ1) is 10.4. The molecule has 0 spiro atoms. The predicted molar refractivity (Wildman–Crippen MR) is 55.6 cm³/mol. The van der Waals surface area contributed by atoms with Crippen LogP contribution < -0.4 is 10.1 Å². The monoisotopic (exact) mass is 199 g/mol. The van der Waals surface area contributed by atoms with Gasteiger partial charge in [-0.05, 0) is 13.0 Å². The van der Waals surface area contributed by atoms with E-state index in [9.17, 15) is 0 Å². The van der Waals surface area contributed by atoms with Gasteiger partial charge in [0.15, 0.2) is 0 Å². The Morgan fingerprint density at radius 1 is 1.38 bits per heavy atom. The van der Waals surface area contributed by atoms with E-state index in [2.05, 4.69) is 30.4 Å². The van der Waals surface area contributed by atoms with Crippen LogP contribution in [0.15, 0.2) is 18.2 Å². The van der Waals surface area contributed by atoms with E-state index in [-0.39, 0.29) is 12.4 Å². The highest BCUT2D eigenvalue weighted by atomic mass is 35.5. The van der Waals surface area contributed by atoms with Crippen molar-refractivity contribution in [2.24, 2.45) is 0 Å². The fourth-order valence-corrected chi connectivity index (χ4v) is 1.44. The van der Waals surface area contributed by atoms with Crippen LogP contribution in [-0.4, -0.2) is 13.2 Å². The molecule has 0 aliphatic carbocycles. The number of ether oxygens (including phenoxy) is 1. The second kappa shape index (κ2) is 4.49. The number of rotatable bonds is 0. The summed E-state index contributed by atoms with van der Waals surface area (Å²) in [5.41, 5.74) is 2.56. The van der Waals surface area contributed by atoms with Crippen LogP contribution in [-0.2, 0) is 6.54 Å². The molecule has 0 aromatic heterocycles. The highest BCUT2D eigenvalue weighted by molar-refractivity contribution is 5.85. The Hall–Kier alpha value is -0.730. The zero-order valence-electron chi connectivity index (χ0n) is 7.67. The van der Waals surface area contributed by atoms with Crippen molar-refractivity contribution in [1.29, 1.82) is 0 Å². The lowest BCUT2D eigenvalue weighted by Gasteiger charge is -2.06. The van der Waals surface area contributed by atoms with E-state index in [1.54, 1.807) is 0 Å². The van der Waals surface area contributed by atoms with Gasteiger partial charge in [0.1, 0.15) is 12.4 Å². The van der Waals surface area contributed by atoms with Crippen LogP contribution in [0.1, 0.15) is 11.1 Å². The second-order valence-corrected chi connectivity index (χ2v) is 3.14. The molecule has 1 heterocycles. The summed E-state index contributed by atoms with van der Waals surface area (Å²) in [7, 11) is 0. The lowest BCUT2D eigenvalue weighted by atomic mass is 10.1. The zero-order valence-corrected chi connectivity index (χ0v) is 8.49. The molecule has 0 fully saturated rings. The summed E-state index contributed by atoms with van der Waals surface area (Å²) in [6, 6.07) is 6.31. The summed E-state index contributed by atoms with van der Waals surface area (Å²) < 4.78 is 5.54.